The van der Waals surface area contributed by atoms with Crippen LogP contribution in [0.15, 0.2) is 41.9 Å². The molecule has 1 N–H and O–H groups in total. The van der Waals surface area contributed by atoms with Crippen LogP contribution in [0.5, 0.6) is 0 Å². The number of hydrogen-bond donors (Lipinski definition) is 1. The van der Waals surface area contributed by atoms with Crippen LogP contribution in [0.4, 0.5) is 0 Å². The van der Waals surface area contributed by atoms with Crippen molar-refractivity contribution in [3.8, 4) is 0 Å². The van der Waals surface area contributed by atoms with E-state index in [0.717, 1.165) is 10.6 Å². The fraction of sp³-hybridized carbons (Fsp3) is 0.286. The molecule has 0 aliphatic rings. The Morgan fingerprint density at radius 3 is 2.63 bits per heavy atom. The third-order valence-electron chi connectivity index (χ3n) is 2.73. The van der Waals surface area contributed by atoms with Crippen molar-refractivity contribution in [1.82, 2.24) is 10.3 Å². The predicted molar refractivity (Wildman–Crippen MR) is 78.3 cm³/mol. The van der Waals surface area contributed by atoms with Gasteiger partial charge in [0.1, 0.15) is 10.4 Å². The molecule has 1 amide bonds. The fourth-order valence-electron chi connectivity index (χ4n) is 1.73. The molecule has 19 heavy (non-hydrogen) atoms. The zero-order chi connectivity index (χ0) is 13.9. The number of hydrogen-bond acceptors (Lipinski definition) is 3. The van der Waals surface area contributed by atoms with Gasteiger partial charge in [0, 0.05) is 11.6 Å². The highest BCUT2D eigenvalue weighted by Gasteiger charge is 2.28. The number of alkyl halides is 1. The van der Waals surface area contributed by atoms with E-state index >= 15 is 0 Å². The predicted octanol–water partition coefficient (Wildman–Crippen LogP) is 3.47. The van der Waals surface area contributed by atoms with E-state index in [1.807, 2.05) is 49.6 Å². The number of nitrogens with one attached hydrogen (secondary N) is 1. The van der Waals surface area contributed by atoms with Crippen molar-refractivity contribution in [3.63, 3.8) is 0 Å². The molecule has 1 atom stereocenters. The SMILES string of the molecule is CC(C)(NC(=O)C(Cl)c1ccccc1)c1nccs1. The first-order valence-electron chi connectivity index (χ1n) is 5.92. The van der Waals surface area contributed by atoms with Crippen molar-refractivity contribution in [1.29, 1.82) is 0 Å². The molecule has 2 rings (SSSR count). The van der Waals surface area contributed by atoms with Crippen LogP contribution in [0.25, 0.3) is 0 Å². The Kier molecular flexibility index (Phi) is 4.22. The fourth-order valence-corrected chi connectivity index (χ4v) is 2.65. The lowest BCUT2D eigenvalue weighted by atomic mass is 10.1. The van der Waals surface area contributed by atoms with Crippen LogP contribution in [0, 0.1) is 0 Å². The van der Waals surface area contributed by atoms with Gasteiger partial charge in [-0.3, -0.25) is 4.79 Å². The molecule has 1 heterocycles. The van der Waals surface area contributed by atoms with Crippen LogP contribution < -0.4 is 5.32 Å². The second-order valence-electron chi connectivity index (χ2n) is 4.72. The number of halogens is 1. The zero-order valence-electron chi connectivity index (χ0n) is 10.8. The van der Waals surface area contributed by atoms with Crippen molar-refractivity contribution in [2.24, 2.45) is 0 Å². The molecule has 0 spiro atoms. The first kappa shape index (κ1) is 14.0. The molecule has 0 aliphatic heterocycles. The molecule has 3 nitrogen and oxygen atoms in total. The lowest BCUT2D eigenvalue weighted by Gasteiger charge is -2.25. The van der Waals surface area contributed by atoms with Gasteiger partial charge in [-0.05, 0) is 19.4 Å². The van der Waals surface area contributed by atoms with Gasteiger partial charge in [0.2, 0.25) is 5.91 Å². The van der Waals surface area contributed by atoms with Gasteiger partial charge in [-0.25, -0.2) is 4.98 Å². The van der Waals surface area contributed by atoms with E-state index in [1.165, 1.54) is 11.3 Å². The Balaban J connectivity index is 2.09. The molecule has 1 aromatic carbocycles. The summed E-state index contributed by atoms with van der Waals surface area (Å²) >= 11 is 7.71. The Bertz CT molecular complexity index is 540. The van der Waals surface area contributed by atoms with Crippen molar-refractivity contribution < 1.29 is 4.79 Å². The molecule has 0 aliphatic carbocycles. The summed E-state index contributed by atoms with van der Waals surface area (Å²) in [4.78, 5) is 16.4. The van der Waals surface area contributed by atoms with Crippen LogP contribution in [-0.2, 0) is 10.3 Å². The van der Waals surface area contributed by atoms with E-state index in [1.54, 1.807) is 6.20 Å². The van der Waals surface area contributed by atoms with E-state index in [9.17, 15) is 4.79 Å². The van der Waals surface area contributed by atoms with Crippen molar-refractivity contribution in [2.75, 3.05) is 0 Å². The standard InChI is InChI=1S/C14H15ClN2OS/c1-14(2,13-16-8-9-19-13)17-12(18)11(15)10-6-4-3-5-7-10/h3-9,11H,1-2H3,(H,17,18). The number of rotatable bonds is 4. The Morgan fingerprint density at radius 1 is 1.37 bits per heavy atom. The lowest BCUT2D eigenvalue weighted by Crippen LogP contribution is -2.42. The Morgan fingerprint density at radius 2 is 2.05 bits per heavy atom. The maximum absolute atomic E-state index is 12.2. The van der Waals surface area contributed by atoms with Crippen LogP contribution in [0.3, 0.4) is 0 Å². The summed E-state index contributed by atoms with van der Waals surface area (Å²) in [5.41, 5.74) is 0.268. The van der Waals surface area contributed by atoms with Crippen LogP contribution >= 0.6 is 22.9 Å². The first-order valence-corrected chi connectivity index (χ1v) is 7.23. The molecule has 1 aromatic heterocycles. The van der Waals surface area contributed by atoms with Crippen molar-refractivity contribution in [2.45, 2.75) is 24.8 Å². The highest BCUT2D eigenvalue weighted by molar-refractivity contribution is 7.09. The number of carbonyl (C=O) groups excluding carboxylic acids is 1. The number of nitrogens with zero attached hydrogens (tertiary/aromatic N) is 1. The first-order chi connectivity index (χ1) is 9.00. The van der Waals surface area contributed by atoms with Crippen LogP contribution in [0.1, 0.15) is 29.8 Å². The second-order valence-corrected chi connectivity index (χ2v) is 6.06. The van der Waals surface area contributed by atoms with Crippen molar-refractivity contribution in [3.05, 3.63) is 52.5 Å². The normalized spacial score (nSPS) is 13.0. The molecular weight excluding hydrogens is 280 g/mol. The van der Waals surface area contributed by atoms with E-state index < -0.39 is 10.9 Å². The molecular formula is C14H15ClN2OS. The average Bonchev–Trinajstić information content (AvgIpc) is 2.93. The number of aromatic nitrogens is 1. The van der Waals surface area contributed by atoms with Crippen molar-refractivity contribution >= 4 is 28.8 Å². The van der Waals surface area contributed by atoms with Gasteiger partial charge in [0.15, 0.2) is 0 Å². The minimum absolute atomic E-state index is 0.215. The molecule has 2 aromatic rings. The topological polar surface area (TPSA) is 42.0 Å². The highest BCUT2D eigenvalue weighted by Crippen LogP contribution is 2.26. The van der Waals surface area contributed by atoms with Crippen LogP contribution in [0.2, 0.25) is 0 Å². The van der Waals surface area contributed by atoms with Gasteiger partial charge in [0.25, 0.3) is 0 Å². The van der Waals surface area contributed by atoms with E-state index in [-0.39, 0.29) is 5.91 Å². The average molecular weight is 295 g/mol. The molecule has 0 fully saturated rings. The molecule has 100 valence electrons. The number of amides is 1. The number of carbonyl (C=O) groups is 1. The largest absolute Gasteiger partial charge is 0.343 e. The maximum Gasteiger partial charge on any atom is 0.243 e. The van der Waals surface area contributed by atoms with Gasteiger partial charge < -0.3 is 5.32 Å². The van der Waals surface area contributed by atoms with Crippen LogP contribution in [-0.4, -0.2) is 10.9 Å². The third kappa shape index (κ3) is 3.33. The second kappa shape index (κ2) is 5.72. The third-order valence-corrected chi connectivity index (χ3v) is 4.27. The number of benzene rings is 1. The Labute approximate surface area is 121 Å². The molecule has 1 unspecified atom stereocenters. The summed E-state index contributed by atoms with van der Waals surface area (Å²) in [6.45, 7) is 3.83. The van der Waals surface area contributed by atoms with Gasteiger partial charge in [-0.2, -0.15) is 0 Å². The minimum Gasteiger partial charge on any atom is -0.343 e. The summed E-state index contributed by atoms with van der Waals surface area (Å²) in [5.74, 6) is -0.215. The van der Waals surface area contributed by atoms with Gasteiger partial charge in [0.05, 0.1) is 5.54 Å². The molecule has 0 saturated heterocycles. The summed E-state index contributed by atoms with van der Waals surface area (Å²) in [5, 5.41) is 4.99. The highest BCUT2D eigenvalue weighted by atomic mass is 35.5. The van der Waals surface area contributed by atoms with Gasteiger partial charge in [-0.1, -0.05) is 30.3 Å². The maximum atomic E-state index is 12.2. The summed E-state index contributed by atoms with van der Waals surface area (Å²) in [7, 11) is 0. The molecule has 0 bridgehead atoms. The van der Waals surface area contributed by atoms with E-state index in [2.05, 4.69) is 10.3 Å². The molecule has 0 saturated carbocycles. The monoisotopic (exact) mass is 294 g/mol. The van der Waals surface area contributed by atoms with Gasteiger partial charge >= 0.3 is 0 Å². The summed E-state index contributed by atoms with van der Waals surface area (Å²) in [6, 6.07) is 9.31. The minimum atomic E-state index is -0.694. The Hall–Kier alpha value is -1.39. The molecule has 5 heteroatoms. The summed E-state index contributed by atoms with van der Waals surface area (Å²) in [6.07, 6.45) is 1.73. The van der Waals surface area contributed by atoms with E-state index in [0.29, 0.717) is 0 Å². The van der Waals surface area contributed by atoms with Gasteiger partial charge in [-0.15, -0.1) is 22.9 Å². The zero-order valence-corrected chi connectivity index (χ0v) is 12.3. The lowest BCUT2D eigenvalue weighted by molar-refractivity contribution is -0.122. The smallest absolute Gasteiger partial charge is 0.243 e. The molecule has 0 radical (unpaired) electrons. The quantitative estimate of drug-likeness (QED) is 0.877. The summed E-state index contributed by atoms with van der Waals surface area (Å²) < 4.78 is 0. The number of thiazole rings is 1. The van der Waals surface area contributed by atoms with E-state index in [4.69, 9.17) is 11.6 Å².